The summed E-state index contributed by atoms with van der Waals surface area (Å²) in [5.74, 6) is -2.04. The first-order valence-corrected chi connectivity index (χ1v) is 6.49. The Morgan fingerprint density at radius 2 is 2.23 bits per heavy atom. The molecule has 0 aliphatic carbocycles. The second kappa shape index (κ2) is 6.85. The average Bonchev–Trinajstić information content (AvgIpc) is 2.79. The van der Waals surface area contributed by atoms with Crippen molar-refractivity contribution in [3.8, 4) is 0 Å². The van der Waals surface area contributed by atoms with Crippen LogP contribution in [0, 0.1) is 0 Å². The van der Waals surface area contributed by atoms with E-state index in [1.807, 2.05) is 0 Å². The van der Waals surface area contributed by atoms with Gasteiger partial charge in [-0.2, -0.15) is 0 Å². The molecule has 1 aromatic rings. The number of urea groups is 1. The van der Waals surface area contributed by atoms with Crippen LogP contribution in [0.5, 0.6) is 0 Å². The fraction of sp³-hybridized carbons (Fsp3) is 0.250. The van der Waals surface area contributed by atoms with E-state index < -0.39 is 37.0 Å². The van der Waals surface area contributed by atoms with Gasteiger partial charge >= 0.3 is 12.0 Å². The van der Waals surface area contributed by atoms with E-state index in [2.05, 4.69) is 20.4 Å². The summed E-state index contributed by atoms with van der Waals surface area (Å²) >= 11 is 5.75. The second-order valence-corrected chi connectivity index (χ2v) is 4.55. The minimum Gasteiger partial charge on any atom is -0.454 e. The maximum Gasteiger partial charge on any atom is 0.326 e. The highest BCUT2D eigenvalue weighted by atomic mass is 35.5. The fourth-order valence-electron chi connectivity index (χ4n) is 1.60. The third-order valence-electron chi connectivity index (χ3n) is 2.62. The van der Waals surface area contributed by atoms with E-state index in [-0.39, 0.29) is 17.4 Å². The monoisotopic (exact) mass is 326 g/mol. The highest BCUT2D eigenvalue weighted by Crippen LogP contribution is 2.17. The summed E-state index contributed by atoms with van der Waals surface area (Å²) in [4.78, 5) is 50.1. The number of hydrogen-bond acceptors (Lipinski definition) is 6. The average molecular weight is 327 g/mol. The van der Waals surface area contributed by atoms with Crippen LogP contribution in [0.15, 0.2) is 18.3 Å². The van der Waals surface area contributed by atoms with Crippen molar-refractivity contribution in [3.05, 3.63) is 23.5 Å². The van der Waals surface area contributed by atoms with Crippen molar-refractivity contribution in [1.29, 1.82) is 0 Å². The zero-order valence-corrected chi connectivity index (χ0v) is 11.9. The Bertz CT molecular complexity index is 620. The molecule has 1 aliphatic rings. The third-order valence-corrected chi connectivity index (χ3v) is 2.92. The summed E-state index contributed by atoms with van der Waals surface area (Å²) in [7, 11) is 0. The highest BCUT2D eigenvalue weighted by Gasteiger charge is 2.30. The number of halogens is 1. The smallest absolute Gasteiger partial charge is 0.326 e. The van der Waals surface area contributed by atoms with Gasteiger partial charge < -0.3 is 15.4 Å². The maximum atomic E-state index is 11.6. The lowest BCUT2D eigenvalue weighted by Crippen LogP contribution is -2.37. The maximum absolute atomic E-state index is 11.6. The number of pyridine rings is 1. The van der Waals surface area contributed by atoms with Crippen molar-refractivity contribution < 1.29 is 23.9 Å². The molecule has 10 heteroatoms. The van der Waals surface area contributed by atoms with Crippen molar-refractivity contribution in [2.24, 2.45) is 0 Å². The van der Waals surface area contributed by atoms with Gasteiger partial charge in [0, 0.05) is 6.20 Å². The molecular formula is C12H11ClN4O5. The van der Waals surface area contributed by atoms with Crippen LogP contribution < -0.4 is 10.6 Å². The van der Waals surface area contributed by atoms with Gasteiger partial charge in [-0.1, -0.05) is 11.6 Å². The number of anilines is 1. The molecule has 0 aromatic carbocycles. The Hall–Kier alpha value is -2.68. The lowest BCUT2D eigenvalue weighted by molar-refractivity contribution is -0.149. The fourth-order valence-corrected chi connectivity index (χ4v) is 1.77. The first-order valence-electron chi connectivity index (χ1n) is 6.11. The predicted molar refractivity (Wildman–Crippen MR) is 73.9 cm³/mol. The van der Waals surface area contributed by atoms with Crippen LogP contribution in [0.25, 0.3) is 0 Å². The van der Waals surface area contributed by atoms with Gasteiger partial charge in [-0.25, -0.2) is 9.78 Å². The number of carbonyl (C=O) groups is 4. The number of nitrogens with zero attached hydrogens (tertiary/aromatic N) is 2. The first kappa shape index (κ1) is 15.7. The molecule has 116 valence electrons. The van der Waals surface area contributed by atoms with Crippen molar-refractivity contribution in [2.45, 2.75) is 0 Å². The van der Waals surface area contributed by atoms with Crippen molar-refractivity contribution >= 4 is 41.1 Å². The summed E-state index contributed by atoms with van der Waals surface area (Å²) < 4.78 is 4.69. The van der Waals surface area contributed by atoms with Gasteiger partial charge in [0.05, 0.1) is 12.2 Å². The SMILES string of the molecule is O=C(COC(=O)CN1C(=O)CNC1=O)Nc1cccnc1Cl. The highest BCUT2D eigenvalue weighted by molar-refractivity contribution is 6.32. The predicted octanol–water partition coefficient (Wildman–Crippen LogP) is -0.232. The molecular weight excluding hydrogens is 316 g/mol. The molecule has 0 radical (unpaired) electrons. The first-order chi connectivity index (χ1) is 10.5. The van der Waals surface area contributed by atoms with E-state index in [0.29, 0.717) is 4.90 Å². The van der Waals surface area contributed by atoms with Crippen LogP contribution in [-0.4, -0.2) is 53.4 Å². The van der Waals surface area contributed by atoms with Crippen LogP contribution in [0.3, 0.4) is 0 Å². The number of carbonyl (C=O) groups excluding carboxylic acids is 4. The van der Waals surface area contributed by atoms with E-state index in [0.717, 1.165) is 0 Å². The number of nitrogens with one attached hydrogen (secondary N) is 2. The topological polar surface area (TPSA) is 118 Å². The second-order valence-electron chi connectivity index (χ2n) is 4.19. The van der Waals surface area contributed by atoms with Gasteiger partial charge in [0.2, 0.25) is 0 Å². The van der Waals surface area contributed by atoms with E-state index >= 15 is 0 Å². The standard InChI is InChI=1S/C12H11ClN4O5/c13-11-7(2-1-3-14-11)16-8(18)6-22-10(20)5-17-9(19)4-15-12(17)21/h1-3H,4-6H2,(H,15,21)(H,16,18). The van der Waals surface area contributed by atoms with Crippen molar-refractivity contribution in [2.75, 3.05) is 25.0 Å². The number of ether oxygens (including phenoxy) is 1. The molecule has 0 saturated carbocycles. The number of esters is 1. The number of imide groups is 1. The minimum absolute atomic E-state index is 0.0986. The zero-order chi connectivity index (χ0) is 16.1. The van der Waals surface area contributed by atoms with Crippen LogP contribution in [0.2, 0.25) is 5.15 Å². The molecule has 2 heterocycles. The normalized spacial score (nSPS) is 13.8. The zero-order valence-electron chi connectivity index (χ0n) is 11.2. The summed E-state index contributed by atoms with van der Waals surface area (Å²) in [5, 5.41) is 4.76. The Morgan fingerprint density at radius 1 is 1.45 bits per heavy atom. The van der Waals surface area contributed by atoms with Gasteiger partial charge in [0.25, 0.3) is 11.8 Å². The molecule has 0 atom stereocenters. The largest absolute Gasteiger partial charge is 0.454 e. The summed E-state index contributed by atoms with van der Waals surface area (Å²) in [6.45, 7) is -1.29. The van der Waals surface area contributed by atoms with E-state index in [9.17, 15) is 19.2 Å². The van der Waals surface area contributed by atoms with Crippen molar-refractivity contribution in [3.63, 3.8) is 0 Å². The number of rotatable bonds is 5. The third kappa shape index (κ3) is 3.92. The molecule has 1 fully saturated rings. The van der Waals surface area contributed by atoms with E-state index in [4.69, 9.17) is 11.6 Å². The van der Waals surface area contributed by atoms with E-state index in [1.165, 1.54) is 12.3 Å². The minimum atomic E-state index is -0.877. The molecule has 0 unspecified atom stereocenters. The molecule has 22 heavy (non-hydrogen) atoms. The molecule has 0 spiro atoms. The summed E-state index contributed by atoms with van der Waals surface area (Å²) in [5.41, 5.74) is 0.277. The Labute approximate surface area is 129 Å². The number of hydrogen-bond donors (Lipinski definition) is 2. The molecule has 9 nitrogen and oxygen atoms in total. The van der Waals surface area contributed by atoms with Crippen molar-refractivity contribution in [1.82, 2.24) is 15.2 Å². The Kier molecular flexibility index (Phi) is 4.89. The number of amides is 4. The lowest BCUT2D eigenvalue weighted by Gasteiger charge is -2.11. The number of aromatic nitrogens is 1. The summed E-state index contributed by atoms with van der Waals surface area (Å²) in [6.07, 6.45) is 1.45. The van der Waals surface area contributed by atoms with Crippen LogP contribution >= 0.6 is 11.6 Å². The molecule has 1 aromatic heterocycles. The molecule has 4 amide bonds. The Morgan fingerprint density at radius 3 is 2.86 bits per heavy atom. The van der Waals surface area contributed by atoms with Gasteiger partial charge in [-0.15, -0.1) is 0 Å². The quantitative estimate of drug-likeness (QED) is 0.438. The van der Waals surface area contributed by atoms with Gasteiger partial charge in [-0.05, 0) is 12.1 Å². The van der Waals surface area contributed by atoms with E-state index in [1.54, 1.807) is 6.07 Å². The molecule has 1 aliphatic heterocycles. The van der Waals surface area contributed by atoms with Crippen LogP contribution in [-0.2, 0) is 19.1 Å². The molecule has 1 saturated heterocycles. The van der Waals surface area contributed by atoms with Gasteiger partial charge in [0.15, 0.2) is 11.8 Å². The van der Waals surface area contributed by atoms with Crippen LogP contribution in [0.4, 0.5) is 10.5 Å². The summed E-state index contributed by atoms with van der Waals surface area (Å²) in [6, 6.07) is 2.43. The van der Waals surface area contributed by atoms with Gasteiger partial charge in [0.1, 0.15) is 6.54 Å². The van der Waals surface area contributed by atoms with Gasteiger partial charge in [-0.3, -0.25) is 19.3 Å². The molecule has 0 bridgehead atoms. The molecule has 2 N–H and O–H groups in total. The Balaban J connectivity index is 1.79. The lowest BCUT2D eigenvalue weighted by atomic mass is 10.4. The van der Waals surface area contributed by atoms with Crippen LogP contribution in [0.1, 0.15) is 0 Å². The molecule has 2 rings (SSSR count).